The van der Waals surface area contributed by atoms with Gasteiger partial charge < -0.3 is 19.3 Å². The molecule has 0 saturated heterocycles. The summed E-state index contributed by atoms with van der Waals surface area (Å²) in [7, 11) is 1.48. The molecule has 1 N–H and O–H groups in total. The molecule has 0 unspecified atom stereocenters. The molecule has 0 amide bonds. The van der Waals surface area contributed by atoms with Gasteiger partial charge >= 0.3 is 5.97 Å². The molecular formula is C15H17NO5. The molecule has 6 heteroatoms. The Labute approximate surface area is 123 Å². The largest absolute Gasteiger partial charge is 0.504 e. The van der Waals surface area contributed by atoms with E-state index in [0.717, 1.165) is 0 Å². The minimum atomic E-state index is -0.768. The number of benzene rings is 1. The first-order valence-corrected chi connectivity index (χ1v) is 6.36. The third-order valence-electron chi connectivity index (χ3n) is 2.49. The van der Waals surface area contributed by atoms with Crippen molar-refractivity contribution < 1.29 is 24.1 Å². The number of hydrogen-bond acceptors (Lipinski definition) is 6. The fourth-order valence-electron chi connectivity index (χ4n) is 1.52. The normalized spacial score (nSPS) is 10.8. The number of methoxy groups -OCH3 is 1. The Bertz CT molecular complexity index is 560. The minimum Gasteiger partial charge on any atom is -0.504 e. The number of nitriles is 1. The van der Waals surface area contributed by atoms with Crippen LogP contribution in [0.5, 0.6) is 11.5 Å². The number of aromatic hydroxyl groups is 1. The summed E-state index contributed by atoms with van der Waals surface area (Å²) in [6.07, 6.45) is 1.26. The number of carbonyl (C=O) groups is 1. The Morgan fingerprint density at radius 2 is 2.19 bits per heavy atom. The zero-order chi connectivity index (χ0) is 15.7. The van der Waals surface area contributed by atoms with E-state index >= 15 is 0 Å². The van der Waals surface area contributed by atoms with Gasteiger partial charge in [-0.2, -0.15) is 5.26 Å². The van der Waals surface area contributed by atoms with Crippen molar-refractivity contribution in [3.8, 4) is 17.6 Å². The number of carbonyl (C=O) groups excluding carboxylic acids is 1. The van der Waals surface area contributed by atoms with Gasteiger partial charge in [0.15, 0.2) is 11.5 Å². The monoisotopic (exact) mass is 291 g/mol. The standard InChI is InChI=1S/C15H17NO5/c1-3-20-13-6-4-5-11(14(13)17)9-12(10-16)15(18)21-8-7-19-2/h4-6,9,17H,3,7-8H2,1-2H3/b12-9+. The van der Waals surface area contributed by atoms with E-state index < -0.39 is 5.97 Å². The van der Waals surface area contributed by atoms with Crippen LogP contribution in [0, 0.1) is 11.3 Å². The van der Waals surface area contributed by atoms with Crippen molar-refractivity contribution in [3.05, 3.63) is 29.3 Å². The predicted molar refractivity (Wildman–Crippen MR) is 75.7 cm³/mol. The molecule has 0 aliphatic heterocycles. The number of esters is 1. The number of phenolic OH excluding ortho intramolecular Hbond substituents is 1. The Kier molecular flexibility index (Phi) is 6.78. The molecular weight excluding hydrogens is 274 g/mol. The summed E-state index contributed by atoms with van der Waals surface area (Å²) in [6.45, 7) is 2.48. The Hall–Kier alpha value is -2.52. The lowest BCUT2D eigenvalue weighted by atomic mass is 10.1. The number of nitrogens with zero attached hydrogens (tertiary/aromatic N) is 1. The molecule has 0 atom stereocenters. The van der Waals surface area contributed by atoms with Crippen molar-refractivity contribution in [1.29, 1.82) is 5.26 Å². The van der Waals surface area contributed by atoms with Crippen LogP contribution in [0.2, 0.25) is 0 Å². The predicted octanol–water partition coefficient (Wildman–Crippen LogP) is 1.89. The summed E-state index contributed by atoms with van der Waals surface area (Å²) in [5, 5.41) is 19.0. The fraction of sp³-hybridized carbons (Fsp3) is 0.333. The highest BCUT2D eigenvalue weighted by Gasteiger charge is 2.13. The molecule has 0 heterocycles. The summed E-state index contributed by atoms with van der Waals surface area (Å²) in [5.41, 5.74) is 0.0937. The second kappa shape index (κ2) is 8.61. The minimum absolute atomic E-state index is 0.0549. The molecule has 0 saturated carbocycles. The zero-order valence-electron chi connectivity index (χ0n) is 12.0. The first kappa shape index (κ1) is 16.5. The Balaban J connectivity index is 2.95. The van der Waals surface area contributed by atoms with Crippen molar-refractivity contribution in [1.82, 2.24) is 0 Å². The van der Waals surface area contributed by atoms with E-state index in [2.05, 4.69) is 0 Å². The number of hydrogen-bond donors (Lipinski definition) is 1. The van der Waals surface area contributed by atoms with Gasteiger partial charge in [0.05, 0.1) is 13.2 Å². The Morgan fingerprint density at radius 1 is 1.43 bits per heavy atom. The van der Waals surface area contributed by atoms with E-state index in [1.165, 1.54) is 13.2 Å². The fourth-order valence-corrected chi connectivity index (χ4v) is 1.52. The number of para-hydroxylation sites is 1. The van der Waals surface area contributed by atoms with E-state index in [9.17, 15) is 9.90 Å². The second-order valence-electron chi connectivity index (χ2n) is 3.93. The SMILES string of the molecule is CCOc1cccc(/C=C(\C#N)C(=O)OCCOC)c1O. The highest BCUT2D eigenvalue weighted by molar-refractivity contribution is 5.98. The second-order valence-corrected chi connectivity index (χ2v) is 3.93. The van der Waals surface area contributed by atoms with E-state index in [1.54, 1.807) is 31.2 Å². The lowest BCUT2D eigenvalue weighted by Crippen LogP contribution is -2.11. The lowest BCUT2D eigenvalue weighted by molar-refractivity contribution is -0.139. The van der Waals surface area contributed by atoms with Crippen LogP contribution < -0.4 is 4.74 Å². The van der Waals surface area contributed by atoms with E-state index in [1.807, 2.05) is 0 Å². The molecule has 0 aliphatic carbocycles. The summed E-state index contributed by atoms with van der Waals surface area (Å²) < 4.78 is 14.8. The molecule has 112 valence electrons. The summed E-state index contributed by atoms with van der Waals surface area (Å²) in [6, 6.07) is 6.57. The van der Waals surface area contributed by atoms with Gasteiger partial charge in [-0.3, -0.25) is 0 Å². The van der Waals surface area contributed by atoms with Gasteiger partial charge in [0.1, 0.15) is 18.2 Å². The molecule has 0 aromatic heterocycles. The molecule has 21 heavy (non-hydrogen) atoms. The first-order chi connectivity index (χ1) is 10.1. The molecule has 1 rings (SSSR count). The average molecular weight is 291 g/mol. The molecule has 0 aliphatic rings. The molecule has 0 radical (unpaired) electrons. The highest BCUT2D eigenvalue weighted by atomic mass is 16.6. The van der Waals surface area contributed by atoms with Crippen LogP contribution in [0.1, 0.15) is 12.5 Å². The van der Waals surface area contributed by atoms with Gasteiger partial charge in [-0.1, -0.05) is 12.1 Å². The third-order valence-corrected chi connectivity index (χ3v) is 2.49. The number of phenols is 1. The van der Waals surface area contributed by atoms with Crippen LogP contribution in [-0.4, -0.2) is 38.0 Å². The quantitative estimate of drug-likeness (QED) is 0.357. The van der Waals surface area contributed by atoms with Gasteiger partial charge in [-0.05, 0) is 19.1 Å². The lowest BCUT2D eigenvalue weighted by Gasteiger charge is -2.08. The van der Waals surface area contributed by atoms with Crippen molar-refractivity contribution in [2.75, 3.05) is 26.9 Å². The van der Waals surface area contributed by atoms with E-state index in [4.69, 9.17) is 19.5 Å². The molecule has 0 spiro atoms. The maximum Gasteiger partial charge on any atom is 0.348 e. The van der Waals surface area contributed by atoms with Crippen molar-refractivity contribution >= 4 is 12.0 Å². The van der Waals surface area contributed by atoms with Gasteiger partial charge in [0, 0.05) is 12.7 Å². The summed E-state index contributed by atoms with van der Waals surface area (Å²) in [4.78, 5) is 11.7. The van der Waals surface area contributed by atoms with Crippen molar-refractivity contribution in [2.24, 2.45) is 0 Å². The first-order valence-electron chi connectivity index (χ1n) is 6.36. The average Bonchev–Trinajstić information content (AvgIpc) is 2.48. The van der Waals surface area contributed by atoms with Crippen molar-refractivity contribution in [3.63, 3.8) is 0 Å². The van der Waals surface area contributed by atoms with Crippen molar-refractivity contribution in [2.45, 2.75) is 6.92 Å². The molecule has 1 aromatic rings. The number of rotatable bonds is 7. The Morgan fingerprint density at radius 3 is 2.81 bits per heavy atom. The van der Waals surface area contributed by atoms with Crippen LogP contribution in [-0.2, 0) is 14.3 Å². The molecule has 0 fully saturated rings. The topological polar surface area (TPSA) is 88.8 Å². The van der Waals surface area contributed by atoms with Gasteiger partial charge in [-0.15, -0.1) is 0 Å². The molecule has 1 aromatic carbocycles. The van der Waals surface area contributed by atoms with E-state index in [0.29, 0.717) is 12.2 Å². The van der Waals surface area contributed by atoms with E-state index in [-0.39, 0.29) is 30.3 Å². The van der Waals surface area contributed by atoms with Gasteiger partial charge in [0.25, 0.3) is 0 Å². The van der Waals surface area contributed by atoms with Crippen LogP contribution in [0.3, 0.4) is 0 Å². The maximum absolute atomic E-state index is 11.7. The summed E-state index contributed by atoms with van der Waals surface area (Å²) in [5.74, 6) is -0.608. The highest BCUT2D eigenvalue weighted by Crippen LogP contribution is 2.31. The van der Waals surface area contributed by atoms with Gasteiger partial charge in [-0.25, -0.2) is 4.79 Å². The molecule has 6 nitrogen and oxygen atoms in total. The van der Waals surface area contributed by atoms with Crippen LogP contribution in [0.15, 0.2) is 23.8 Å². The van der Waals surface area contributed by atoms with Gasteiger partial charge in [0.2, 0.25) is 0 Å². The van der Waals surface area contributed by atoms with Crippen LogP contribution in [0.25, 0.3) is 6.08 Å². The smallest absolute Gasteiger partial charge is 0.348 e. The summed E-state index contributed by atoms with van der Waals surface area (Å²) >= 11 is 0. The molecule has 0 bridgehead atoms. The number of ether oxygens (including phenoxy) is 3. The van der Waals surface area contributed by atoms with Crippen LogP contribution >= 0.6 is 0 Å². The zero-order valence-corrected chi connectivity index (χ0v) is 12.0. The third kappa shape index (κ3) is 4.82. The maximum atomic E-state index is 11.7. The van der Waals surface area contributed by atoms with Crippen LogP contribution in [0.4, 0.5) is 0 Å².